The lowest BCUT2D eigenvalue weighted by atomic mass is 10.2. The fourth-order valence-corrected chi connectivity index (χ4v) is 2.70. The summed E-state index contributed by atoms with van der Waals surface area (Å²) in [5.74, 6) is -0.732. The van der Waals surface area contributed by atoms with Gasteiger partial charge in [0.2, 0.25) is 11.2 Å². The third-order valence-corrected chi connectivity index (χ3v) is 3.82. The molecule has 1 N–H and O–H groups in total. The molecule has 1 heterocycles. The zero-order valence-corrected chi connectivity index (χ0v) is 14.9. The van der Waals surface area contributed by atoms with Gasteiger partial charge in [-0.25, -0.2) is 0 Å². The van der Waals surface area contributed by atoms with Crippen LogP contribution in [0, 0.1) is 0 Å². The second-order valence-corrected chi connectivity index (χ2v) is 6.23. The van der Waals surface area contributed by atoms with Crippen LogP contribution in [0.5, 0.6) is 5.75 Å². The molecule has 132 valence electrons. The van der Waals surface area contributed by atoms with E-state index in [4.69, 9.17) is 32.4 Å². The highest BCUT2D eigenvalue weighted by Crippen LogP contribution is 2.23. The molecule has 3 aromatic rings. The van der Waals surface area contributed by atoms with Crippen molar-refractivity contribution in [3.63, 3.8) is 0 Å². The van der Waals surface area contributed by atoms with Crippen LogP contribution in [0.25, 0.3) is 0 Å². The number of carbonyl (C=O) groups excluding carboxylic acids is 1. The largest absolute Gasteiger partial charge is 0.482 e. The monoisotopic (exact) mass is 389 g/mol. The molecule has 0 saturated heterocycles. The van der Waals surface area contributed by atoms with Gasteiger partial charge in [-0.3, -0.25) is 9.59 Å². The van der Waals surface area contributed by atoms with Crippen molar-refractivity contribution < 1.29 is 13.9 Å². The molecule has 0 aliphatic rings. The minimum absolute atomic E-state index is 0.0243. The number of benzene rings is 2. The number of ether oxygens (including phenoxy) is 1. The number of rotatable bonds is 5. The van der Waals surface area contributed by atoms with E-state index in [1.807, 2.05) is 30.3 Å². The first kappa shape index (κ1) is 18.0. The molecular weight excluding hydrogens is 377 g/mol. The molecule has 0 unspecified atom stereocenters. The van der Waals surface area contributed by atoms with Gasteiger partial charge in [0, 0.05) is 21.8 Å². The van der Waals surface area contributed by atoms with Gasteiger partial charge >= 0.3 is 0 Å². The van der Waals surface area contributed by atoms with Crippen molar-refractivity contribution in [3.8, 4) is 5.75 Å². The number of anilines is 1. The predicted octanol–water partition coefficient (Wildman–Crippen LogP) is 4.78. The summed E-state index contributed by atoms with van der Waals surface area (Å²) in [5.41, 5.74) is 0.840. The first-order chi connectivity index (χ1) is 12.5. The fraction of sp³-hybridized carbons (Fsp3) is 0.0526. The van der Waals surface area contributed by atoms with E-state index in [-0.39, 0.29) is 18.1 Å². The minimum atomic E-state index is -0.602. The second kappa shape index (κ2) is 8.08. The Balaban J connectivity index is 1.70. The molecule has 0 aliphatic heterocycles. The Morgan fingerprint density at radius 1 is 1.04 bits per heavy atom. The number of hydrogen-bond acceptors (Lipinski definition) is 4. The summed E-state index contributed by atoms with van der Waals surface area (Å²) in [5, 5.41) is 3.31. The lowest BCUT2D eigenvalue weighted by molar-refractivity contribution is 0.0993. The van der Waals surface area contributed by atoms with Gasteiger partial charge < -0.3 is 14.5 Å². The number of hydrogen-bond donors (Lipinski definition) is 1. The van der Waals surface area contributed by atoms with Crippen molar-refractivity contribution in [2.75, 3.05) is 5.32 Å². The Hall–Kier alpha value is -2.76. The maximum absolute atomic E-state index is 12.2. The first-order valence-corrected chi connectivity index (χ1v) is 8.34. The Kier molecular flexibility index (Phi) is 5.61. The van der Waals surface area contributed by atoms with Gasteiger partial charge in [-0.1, -0.05) is 53.5 Å². The summed E-state index contributed by atoms with van der Waals surface area (Å²) in [7, 11) is 0. The smallest absolute Gasteiger partial charge is 0.291 e. The van der Waals surface area contributed by atoms with Gasteiger partial charge in [-0.15, -0.1) is 0 Å². The molecule has 0 fully saturated rings. The van der Waals surface area contributed by atoms with Crippen LogP contribution in [0.3, 0.4) is 0 Å². The predicted molar refractivity (Wildman–Crippen MR) is 100 cm³/mol. The van der Waals surface area contributed by atoms with Crippen LogP contribution in [-0.2, 0) is 6.61 Å². The molecule has 1 aromatic heterocycles. The van der Waals surface area contributed by atoms with E-state index >= 15 is 0 Å². The van der Waals surface area contributed by atoms with E-state index in [1.54, 1.807) is 0 Å². The molecular formula is C19H13Cl2NO4. The number of amides is 1. The summed E-state index contributed by atoms with van der Waals surface area (Å²) >= 11 is 11.8. The molecule has 7 heteroatoms. The molecule has 0 bridgehead atoms. The van der Waals surface area contributed by atoms with E-state index < -0.39 is 11.3 Å². The van der Waals surface area contributed by atoms with Crippen molar-refractivity contribution >= 4 is 34.8 Å². The van der Waals surface area contributed by atoms with Gasteiger partial charge in [0.1, 0.15) is 12.9 Å². The van der Waals surface area contributed by atoms with Crippen LogP contribution in [0.15, 0.2) is 70.1 Å². The number of nitrogens with one attached hydrogen (secondary N) is 1. The SMILES string of the molecule is O=C(Nc1cc(Cl)cc(Cl)c1)c1cc(=O)c(OCc2ccccc2)co1. The third kappa shape index (κ3) is 4.65. The summed E-state index contributed by atoms with van der Waals surface area (Å²) < 4.78 is 10.7. The van der Waals surface area contributed by atoms with Crippen LogP contribution in [0.2, 0.25) is 10.0 Å². The van der Waals surface area contributed by atoms with E-state index in [1.165, 1.54) is 18.2 Å². The molecule has 2 aromatic carbocycles. The number of carbonyl (C=O) groups is 1. The zero-order valence-electron chi connectivity index (χ0n) is 13.4. The summed E-state index contributed by atoms with van der Waals surface area (Å²) in [6.45, 7) is 0.220. The van der Waals surface area contributed by atoms with Crippen molar-refractivity contribution in [3.05, 3.63) is 92.5 Å². The van der Waals surface area contributed by atoms with Gasteiger partial charge in [-0.2, -0.15) is 0 Å². The van der Waals surface area contributed by atoms with Gasteiger partial charge in [-0.05, 0) is 23.8 Å². The van der Waals surface area contributed by atoms with Crippen molar-refractivity contribution in [2.24, 2.45) is 0 Å². The Morgan fingerprint density at radius 3 is 2.38 bits per heavy atom. The maximum atomic E-state index is 12.2. The standard InChI is InChI=1S/C19H13Cl2NO4/c20-13-6-14(21)8-15(7-13)22-19(24)17-9-16(23)18(11-26-17)25-10-12-4-2-1-3-5-12/h1-9,11H,10H2,(H,22,24). The van der Waals surface area contributed by atoms with Crippen LogP contribution in [0.4, 0.5) is 5.69 Å². The highest BCUT2D eigenvalue weighted by molar-refractivity contribution is 6.35. The average Bonchev–Trinajstić information content (AvgIpc) is 2.60. The average molecular weight is 390 g/mol. The van der Waals surface area contributed by atoms with Crippen molar-refractivity contribution in [1.82, 2.24) is 0 Å². The highest BCUT2D eigenvalue weighted by atomic mass is 35.5. The van der Waals surface area contributed by atoms with E-state index in [2.05, 4.69) is 5.32 Å². The maximum Gasteiger partial charge on any atom is 0.291 e. The molecule has 26 heavy (non-hydrogen) atoms. The first-order valence-electron chi connectivity index (χ1n) is 7.58. The quantitative estimate of drug-likeness (QED) is 0.681. The Labute approximate surface area is 159 Å². The van der Waals surface area contributed by atoms with E-state index in [0.29, 0.717) is 15.7 Å². The van der Waals surface area contributed by atoms with Crippen LogP contribution < -0.4 is 15.5 Å². The minimum Gasteiger partial charge on any atom is -0.482 e. The third-order valence-electron chi connectivity index (χ3n) is 3.38. The second-order valence-electron chi connectivity index (χ2n) is 5.36. The topological polar surface area (TPSA) is 68.5 Å². The summed E-state index contributed by atoms with van der Waals surface area (Å²) in [6.07, 6.45) is 1.12. The lowest BCUT2D eigenvalue weighted by Crippen LogP contribution is -2.15. The lowest BCUT2D eigenvalue weighted by Gasteiger charge is -2.07. The van der Waals surface area contributed by atoms with Gasteiger partial charge in [0.15, 0.2) is 5.76 Å². The molecule has 0 radical (unpaired) electrons. The molecule has 5 nitrogen and oxygen atoms in total. The highest BCUT2D eigenvalue weighted by Gasteiger charge is 2.13. The molecule has 3 rings (SSSR count). The van der Waals surface area contributed by atoms with Gasteiger partial charge in [0.05, 0.1) is 0 Å². The molecule has 0 spiro atoms. The van der Waals surface area contributed by atoms with Crippen molar-refractivity contribution in [2.45, 2.75) is 6.61 Å². The summed E-state index contributed by atoms with van der Waals surface area (Å²) in [6, 6.07) is 15.0. The van der Waals surface area contributed by atoms with Gasteiger partial charge in [0.25, 0.3) is 5.91 Å². The Morgan fingerprint density at radius 2 is 1.73 bits per heavy atom. The van der Waals surface area contributed by atoms with Crippen LogP contribution in [-0.4, -0.2) is 5.91 Å². The molecule has 0 saturated carbocycles. The van der Waals surface area contributed by atoms with Crippen LogP contribution >= 0.6 is 23.2 Å². The summed E-state index contributed by atoms with van der Waals surface area (Å²) in [4.78, 5) is 24.3. The van der Waals surface area contributed by atoms with E-state index in [9.17, 15) is 9.59 Å². The van der Waals surface area contributed by atoms with Crippen LogP contribution in [0.1, 0.15) is 16.1 Å². The fourth-order valence-electron chi connectivity index (χ4n) is 2.18. The molecule has 0 atom stereocenters. The van der Waals surface area contributed by atoms with Crippen molar-refractivity contribution in [1.29, 1.82) is 0 Å². The zero-order chi connectivity index (χ0) is 18.5. The van der Waals surface area contributed by atoms with E-state index in [0.717, 1.165) is 17.9 Å². The molecule has 1 amide bonds. The number of halogens is 2. The Bertz CT molecular complexity index is 966. The normalized spacial score (nSPS) is 10.4. The molecule has 0 aliphatic carbocycles.